The molecular weight excluding hydrogens is 493 g/mol. The van der Waals surface area contributed by atoms with E-state index in [-0.39, 0.29) is 11.6 Å². The zero-order chi connectivity index (χ0) is 20.3. The third kappa shape index (κ3) is 4.56. The molecule has 144 valence electrons. The van der Waals surface area contributed by atoms with Crippen LogP contribution in [0.3, 0.4) is 0 Å². The second-order valence-corrected chi connectivity index (χ2v) is 7.74. The molecule has 5 nitrogen and oxygen atoms in total. The van der Waals surface area contributed by atoms with Crippen LogP contribution in [0.25, 0.3) is 6.08 Å². The van der Waals surface area contributed by atoms with Crippen LogP contribution in [-0.2, 0) is 9.53 Å². The van der Waals surface area contributed by atoms with Crippen molar-refractivity contribution in [2.24, 2.45) is 4.99 Å². The Morgan fingerprint density at radius 3 is 2.86 bits per heavy atom. The monoisotopic (exact) mass is 509 g/mol. The number of hydrogen-bond acceptors (Lipinski definition) is 5. The van der Waals surface area contributed by atoms with Crippen LogP contribution in [0.15, 0.2) is 59.2 Å². The Morgan fingerprint density at radius 2 is 2.14 bits per heavy atom. The highest BCUT2D eigenvalue weighted by atomic mass is 127. The van der Waals surface area contributed by atoms with Crippen molar-refractivity contribution in [3.05, 3.63) is 74.0 Å². The number of nitrogens with zero attached hydrogens (tertiary/aromatic N) is 1. The summed E-state index contributed by atoms with van der Waals surface area (Å²) >= 11 is 8.39. The molecule has 28 heavy (non-hydrogen) atoms. The molecule has 7 heteroatoms. The number of rotatable bonds is 6. The van der Waals surface area contributed by atoms with Crippen LogP contribution in [0.2, 0.25) is 5.02 Å². The molecule has 0 aromatic heterocycles. The van der Waals surface area contributed by atoms with E-state index >= 15 is 0 Å². The van der Waals surface area contributed by atoms with E-state index in [1.54, 1.807) is 31.4 Å². The van der Waals surface area contributed by atoms with Crippen molar-refractivity contribution in [3.63, 3.8) is 0 Å². The summed E-state index contributed by atoms with van der Waals surface area (Å²) < 4.78 is 17.5. The van der Waals surface area contributed by atoms with Crippen LogP contribution >= 0.6 is 34.2 Å². The Hall–Kier alpha value is -2.32. The van der Waals surface area contributed by atoms with Gasteiger partial charge >= 0.3 is 5.97 Å². The van der Waals surface area contributed by atoms with E-state index in [0.29, 0.717) is 34.3 Å². The minimum atomic E-state index is -0.557. The van der Waals surface area contributed by atoms with Gasteiger partial charge in [-0.2, -0.15) is 0 Å². The van der Waals surface area contributed by atoms with E-state index in [0.717, 1.165) is 9.14 Å². The molecule has 2 aromatic rings. The van der Waals surface area contributed by atoms with Gasteiger partial charge in [0.1, 0.15) is 6.61 Å². The van der Waals surface area contributed by atoms with Crippen molar-refractivity contribution in [2.75, 3.05) is 13.7 Å². The molecule has 0 amide bonds. The number of cyclic esters (lactones) is 1. The van der Waals surface area contributed by atoms with Gasteiger partial charge in [-0.25, -0.2) is 9.79 Å². The second kappa shape index (κ2) is 8.79. The molecule has 1 aliphatic heterocycles. The summed E-state index contributed by atoms with van der Waals surface area (Å²) in [5.74, 6) is 0.668. The highest BCUT2D eigenvalue weighted by Gasteiger charge is 2.26. The molecule has 0 N–H and O–H groups in total. The van der Waals surface area contributed by atoms with E-state index in [4.69, 9.17) is 25.8 Å². The molecule has 3 rings (SSSR count). The standard InChI is InChI=1S/C21H17ClINO4/c1-12(2)11-27-19-13(5-4-6-18(19)26-3)9-17-21(25)28-20(24-17)15-10-14(23)7-8-16(15)22/h4-10H,1,11H2,2-3H3/b17-9-. The maximum Gasteiger partial charge on any atom is 0.363 e. The fourth-order valence-corrected chi connectivity index (χ4v) is 3.18. The molecule has 0 fully saturated rings. The van der Waals surface area contributed by atoms with E-state index in [2.05, 4.69) is 34.2 Å². The zero-order valence-corrected chi connectivity index (χ0v) is 18.2. The summed E-state index contributed by atoms with van der Waals surface area (Å²) in [6.07, 6.45) is 1.60. The maximum atomic E-state index is 12.4. The predicted octanol–water partition coefficient (Wildman–Crippen LogP) is 5.25. The first-order valence-electron chi connectivity index (χ1n) is 8.31. The number of halogens is 2. The van der Waals surface area contributed by atoms with Gasteiger partial charge in [-0.05, 0) is 65.4 Å². The molecule has 0 unspecified atom stereocenters. The predicted molar refractivity (Wildman–Crippen MR) is 118 cm³/mol. The Morgan fingerprint density at radius 1 is 1.36 bits per heavy atom. The summed E-state index contributed by atoms with van der Waals surface area (Å²) in [6.45, 7) is 6.03. The molecule has 0 aliphatic carbocycles. The van der Waals surface area contributed by atoms with Gasteiger partial charge in [-0.3, -0.25) is 0 Å². The number of benzene rings is 2. The minimum absolute atomic E-state index is 0.151. The number of methoxy groups -OCH3 is 1. The second-order valence-electron chi connectivity index (χ2n) is 6.08. The summed E-state index contributed by atoms with van der Waals surface area (Å²) in [5, 5.41) is 0.458. The normalized spacial score (nSPS) is 14.6. The van der Waals surface area contributed by atoms with Gasteiger partial charge in [-0.1, -0.05) is 30.3 Å². The van der Waals surface area contributed by atoms with E-state index in [9.17, 15) is 4.79 Å². The maximum absolute atomic E-state index is 12.4. The Labute approximate surface area is 181 Å². The average Bonchev–Trinajstić information content (AvgIpc) is 3.02. The van der Waals surface area contributed by atoms with Crippen LogP contribution in [0.5, 0.6) is 11.5 Å². The van der Waals surface area contributed by atoms with Crippen LogP contribution in [0.4, 0.5) is 0 Å². The van der Waals surface area contributed by atoms with Gasteiger partial charge in [0.15, 0.2) is 17.2 Å². The fourth-order valence-electron chi connectivity index (χ4n) is 2.49. The van der Waals surface area contributed by atoms with E-state index in [1.807, 2.05) is 25.1 Å². The van der Waals surface area contributed by atoms with Gasteiger partial charge in [0.2, 0.25) is 5.90 Å². The highest BCUT2D eigenvalue weighted by molar-refractivity contribution is 14.1. The van der Waals surface area contributed by atoms with Crippen molar-refractivity contribution in [3.8, 4) is 11.5 Å². The van der Waals surface area contributed by atoms with Crippen molar-refractivity contribution in [2.45, 2.75) is 6.92 Å². The van der Waals surface area contributed by atoms with Gasteiger partial charge in [0.25, 0.3) is 0 Å². The number of esters is 1. The molecule has 0 atom stereocenters. The van der Waals surface area contributed by atoms with Crippen molar-refractivity contribution in [1.82, 2.24) is 0 Å². The average molecular weight is 510 g/mol. The third-order valence-electron chi connectivity index (χ3n) is 3.76. The molecule has 0 radical (unpaired) electrons. The lowest BCUT2D eigenvalue weighted by molar-refractivity contribution is -0.129. The quantitative estimate of drug-likeness (QED) is 0.231. The summed E-state index contributed by atoms with van der Waals surface area (Å²) in [5.41, 5.74) is 2.22. The van der Waals surface area contributed by atoms with E-state index in [1.165, 1.54) is 0 Å². The Kier molecular flexibility index (Phi) is 6.41. The molecule has 0 saturated carbocycles. The topological polar surface area (TPSA) is 57.1 Å². The number of carbonyl (C=O) groups excluding carboxylic acids is 1. The lowest BCUT2D eigenvalue weighted by Crippen LogP contribution is -2.06. The third-order valence-corrected chi connectivity index (χ3v) is 4.76. The molecule has 2 aromatic carbocycles. The highest BCUT2D eigenvalue weighted by Crippen LogP contribution is 2.34. The molecule has 0 bridgehead atoms. The number of carbonyl (C=O) groups is 1. The fraction of sp³-hybridized carbons (Fsp3) is 0.143. The molecule has 1 aliphatic rings. The first kappa shape index (κ1) is 20.4. The smallest absolute Gasteiger partial charge is 0.363 e. The van der Waals surface area contributed by atoms with Crippen molar-refractivity contribution in [1.29, 1.82) is 0 Å². The molecular formula is C21H17ClINO4. The van der Waals surface area contributed by atoms with Gasteiger partial charge in [0.05, 0.1) is 17.7 Å². The SMILES string of the molecule is C=C(C)COc1c(/C=C2\N=C(c3cc(I)ccc3Cl)OC2=O)cccc1OC. The summed E-state index contributed by atoms with van der Waals surface area (Å²) in [7, 11) is 1.55. The lowest BCUT2D eigenvalue weighted by atomic mass is 10.1. The Bertz CT molecular complexity index is 1010. The summed E-state index contributed by atoms with van der Waals surface area (Å²) in [4.78, 5) is 16.7. The first-order valence-corrected chi connectivity index (χ1v) is 9.77. The van der Waals surface area contributed by atoms with Crippen LogP contribution < -0.4 is 9.47 Å². The zero-order valence-electron chi connectivity index (χ0n) is 15.3. The van der Waals surface area contributed by atoms with Gasteiger partial charge in [0, 0.05) is 9.13 Å². The van der Waals surface area contributed by atoms with Crippen LogP contribution in [0.1, 0.15) is 18.1 Å². The largest absolute Gasteiger partial charge is 0.493 e. The van der Waals surface area contributed by atoms with Crippen LogP contribution in [0, 0.1) is 3.57 Å². The van der Waals surface area contributed by atoms with E-state index < -0.39 is 5.97 Å². The van der Waals surface area contributed by atoms with Crippen molar-refractivity contribution >= 4 is 52.1 Å². The van der Waals surface area contributed by atoms with Gasteiger partial charge < -0.3 is 14.2 Å². The number of aliphatic imine (C=N–C) groups is 1. The summed E-state index contributed by atoms with van der Waals surface area (Å²) in [6, 6.07) is 10.8. The van der Waals surface area contributed by atoms with Crippen molar-refractivity contribution < 1.29 is 19.0 Å². The molecule has 1 heterocycles. The number of para-hydroxylation sites is 1. The number of hydrogen-bond donors (Lipinski definition) is 0. The Balaban J connectivity index is 2.01. The lowest BCUT2D eigenvalue weighted by Gasteiger charge is -2.13. The van der Waals surface area contributed by atoms with Gasteiger partial charge in [-0.15, -0.1) is 0 Å². The molecule has 0 spiro atoms. The number of ether oxygens (including phenoxy) is 3. The van der Waals surface area contributed by atoms with Crippen LogP contribution in [-0.4, -0.2) is 25.6 Å². The molecule has 0 saturated heterocycles. The first-order chi connectivity index (χ1) is 13.4. The minimum Gasteiger partial charge on any atom is -0.493 e.